The second kappa shape index (κ2) is 8.52. The number of esters is 1. The molecule has 0 rings (SSSR count). The van der Waals surface area contributed by atoms with Crippen molar-refractivity contribution in [3.05, 3.63) is 0 Å². The van der Waals surface area contributed by atoms with Gasteiger partial charge in [0.15, 0.2) is 0 Å². The normalized spacial score (nSPS) is 15.2. The van der Waals surface area contributed by atoms with Gasteiger partial charge in [0.05, 0.1) is 0 Å². The lowest BCUT2D eigenvalue weighted by Gasteiger charge is -2.30. The molecule has 3 nitrogen and oxygen atoms in total. The van der Waals surface area contributed by atoms with Crippen molar-refractivity contribution in [1.82, 2.24) is 0 Å². The van der Waals surface area contributed by atoms with Crippen LogP contribution in [0.1, 0.15) is 54.4 Å². The Bertz CT molecular complexity index is 234. The summed E-state index contributed by atoms with van der Waals surface area (Å²) in [6.07, 6.45) is 1.10. The maximum absolute atomic E-state index is 11.8. The Morgan fingerprint density at radius 1 is 1.06 bits per heavy atom. The van der Waals surface area contributed by atoms with Crippen LogP contribution in [0.15, 0.2) is 0 Å². The molecule has 0 bridgehead atoms. The second-order valence-corrected chi connectivity index (χ2v) is 6.35. The maximum atomic E-state index is 11.8. The van der Waals surface area contributed by atoms with Crippen LogP contribution in [0.25, 0.3) is 0 Å². The molecule has 0 aliphatic heterocycles. The van der Waals surface area contributed by atoms with E-state index in [9.17, 15) is 9.90 Å². The first-order valence-electron chi connectivity index (χ1n) is 7.08. The van der Waals surface area contributed by atoms with Gasteiger partial charge in [-0.1, -0.05) is 41.5 Å². The van der Waals surface area contributed by atoms with Crippen molar-refractivity contribution in [3.63, 3.8) is 0 Å². The van der Waals surface area contributed by atoms with Crippen molar-refractivity contribution in [2.75, 3.05) is 6.61 Å². The molecule has 2 atom stereocenters. The quantitative estimate of drug-likeness (QED) is 0.680. The molecular formula is C15H30O3. The van der Waals surface area contributed by atoms with Gasteiger partial charge in [0, 0.05) is 18.9 Å². The fourth-order valence-corrected chi connectivity index (χ4v) is 2.08. The summed E-state index contributed by atoms with van der Waals surface area (Å²) >= 11 is 0. The summed E-state index contributed by atoms with van der Waals surface area (Å²) in [5.41, 5.74) is 0. The van der Waals surface area contributed by atoms with E-state index in [2.05, 4.69) is 27.7 Å². The van der Waals surface area contributed by atoms with E-state index < -0.39 is 0 Å². The van der Waals surface area contributed by atoms with Gasteiger partial charge in [-0.05, 0) is 24.2 Å². The summed E-state index contributed by atoms with van der Waals surface area (Å²) in [5.74, 6) is 0.960. The van der Waals surface area contributed by atoms with Crippen molar-refractivity contribution in [1.29, 1.82) is 0 Å². The zero-order valence-electron chi connectivity index (χ0n) is 12.8. The summed E-state index contributed by atoms with van der Waals surface area (Å²) in [5, 5.41) is 9.48. The van der Waals surface area contributed by atoms with Crippen molar-refractivity contribution in [3.8, 4) is 0 Å². The maximum Gasteiger partial charge on any atom is 0.306 e. The van der Waals surface area contributed by atoms with E-state index in [1.165, 1.54) is 0 Å². The first-order valence-corrected chi connectivity index (χ1v) is 7.08. The van der Waals surface area contributed by atoms with E-state index in [0.29, 0.717) is 24.2 Å². The third kappa shape index (κ3) is 7.00. The van der Waals surface area contributed by atoms with Crippen LogP contribution in [0.4, 0.5) is 0 Å². The van der Waals surface area contributed by atoms with E-state index >= 15 is 0 Å². The van der Waals surface area contributed by atoms with Gasteiger partial charge in [0.2, 0.25) is 0 Å². The van der Waals surface area contributed by atoms with Gasteiger partial charge >= 0.3 is 5.97 Å². The van der Waals surface area contributed by atoms with Gasteiger partial charge in [0.1, 0.15) is 6.10 Å². The molecule has 0 heterocycles. The fourth-order valence-electron chi connectivity index (χ4n) is 2.08. The molecule has 2 unspecified atom stereocenters. The van der Waals surface area contributed by atoms with E-state index in [1.807, 2.05) is 13.8 Å². The molecule has 0 aliphatic carbocycles. The Kier molecular flexibility index (Phi) is 8.25. The summed E-state index contributed by atoms with van der Waals surface area (Å²) < 4.78 is 5.59. The highest BCUT2D eigenvalue weighted by Crippen LogP contribution is 2.24. The molecule has 0 saturated carbocycles. The fraction of sp³-hybridized carbons (Fsp3) is 0.933. The van der Waals surface area contributed by atoms with Gasteiger partial charge in [-0.2, -0.15) is 0 Å². The molecule has 0 aromatic carbocycles. The molecule has 18 heavy (non-hydrogen) atoms. The molecular weight excluding hydrogens is 228 g/mol. The molecule has 0 aromatic heterocycles. The zero-order chi connectivity index (χ0) is 14.3. The molecule has 0 amide bonds. The van der Waals surface area contributed by atoms with Crippen LogP contribution in [0.5, 0.6) is 0 Å². The first-order chi connectivity index (χ1) is 8.27. The SMILES string of the molecule is CC(C)CC(=O)OC(CC(C)C)C(CO)C(C)C. The van der Waals surface area contributed by atoms with Crippen molar-refractivity contribution >= 4 is 5.97 Å². The van der Waals surface area contributed by atoms with Gasteiger partial charge < -0.3 is 9.84 Å². The largest absolute Gasteiger partial charge is 0.462 e. The van der Waals surface area contributed by atoms with Gasteiger partial charge in [-0.15, -0.1) is 0 Å². The van der Waals surface area contributed by atoms with Gasteiger partial charge in [-0.25, -0.2) is 0 Å². The number of aliphatic hydroxyl groups is 1. The van der Waals surface area contributed by atoms with E-state index in [0.717, 1.165) is 6.42 Å². The molecule has 0 fully saturated rings. The van der Waals surface area contributed by atoms with Crippen LogP contribution in [0.2, 0.25) is 0 Å². The Morgan fingerprint density at radius 2 is 1.61 bits per heavy atom. The summed E-state index contributed by atoms with van der Waals surface area (Å²) in [4.78, 5) is 11.8. The average molecular weight is 258 g/mol. The third-order valence-corrected chi connectivity index (χ3v) is 3.11. The monoisotopic (exact) mass is 258 g/mol. The first kappa shape index (κ1) is 17.4. The minimum Gasteiger partial charge on any atom is -0.462 e. The van der Waals surface area contributed by atoms with Crippen molar-refractivity contribution in [2.45, 2.75) is 60.5 Å². The van der Waals surface area contributed by atoms with E-state index in [1.54, 1.807) is 0 Å². The second-order valence-electron chi connectivity index (χ2n) is 6.35. The number of carbonyl (C=O) groups is 1. The lowest BCUT2D eigenvalue weighted by atomic mass is 9.86. The standard InChI is InChI=1S/C15H30O3/c1-10(2)7-14(13(9-16)12(5)6)18-15(17)8-11(3)4/h10-14,16H,7-9H2,1-6H3. The number of hydrogen-bond donors (Lipinski definition) is 1. The van der Waals surface area contributed by atoms with Crippen molar-refractivity contribution < 1.29 is 14.6 Å². The summed E-state index contributed by atoms with van der Waals surface area (Å²) in [7, 11) is 0. The molecule has 0 spiro atoms. The minimum atomic E-state index is -0.166. The van der Waals surface area contributed by atoms with Crippen LogP contribution >= 0.6 is 0 Å². The minimum absolute atomic E-state index is 0.0310. The molecule has 0 radical (unpaired) electrons. The van der Waals surface area contributed by atoms with E-state index in [-0.39, 0.29) is 24.6 Å². The van der Waals surface area contributed by atoms with Gasteiger partial charge in [-0.3, -0.25) is 4.79 Å². The highest BCUT2D eigenvalue weighted by atomic mass is 16.5. The highest BCUT2D eigenvalue weighted by molar-refractivity contribution is 5.69. The highest BCUT2D eigenvalue weighted by Gasteiger charge is 2.28. The molecule has 3 heteroatoms. The van der Waals surface area contributed by atoms with Crippen LogP contribution in [-0.4, -0.2) is 23.8 Å². The topological polar surface area (TPSA) is 46.5 Å². The Morgan fingerprint density at radius 3 is 1.94 bits per heavy atom. The number of ether oxygens (including phenoxy) is 1. The Balaban J connectivity index is 4.61. The lowest BCUT2D eigenvalue weighted by Crippen LogP contribution is -2.34. The van der Waals surface area contributed by atoms with Crippen LogP contribution < -0.4 is 0 Å². The molecule has 108 valence electrons. The van der Waals surface area contributed by atoms with Crippen LogP contribution in [0.3, 0.4) is 0 Å². The van der Waals surface area contributed by atoms with Crippen LogP contribution in [-0.2, 0) is 9.53 Å². The average Bonchev–Trinajstić information content (AvgIpc) is 2.14. The Hall–Kier alpha value is -0.570. The summed E-state index contributed by atoms with van der Waals surface area (Å²) in [6.45, 7) is 12.4. The molecule has 0 aromatic rings. The lowest BCUT2D eigenvalue weighted by molar-refractivity contribution is -0.155. The predicted molar refractivity (Wildman–Crippen MR) is 74.2 cm³/mol. The predicted octanol–water partition coefficient (Wildman–Crippen LogP) is 3.25. The molecule has 0 aliphatic rings. The molecule has 1 N–H and O–H groups in total. The third-order valence-electron chi connectivity index (χ3n) is 3.11. The Labute approximate surface area is 112 Å². The zero-order valence-corrected chi connectivity index (χ0v) is 12.8. The molecule has 0 saturated heterocycles. The number of aliphatic hydroxyl groups excluding tert-OH is 1. The number of carbonyl (C=O) groups excluding carboxylic acids is 1. The van der Waals surface area contributed by atoms with Crippen molar-refractivity contribution in [2.24, 2.45) is 23.7 Å². The van der Waals surface area contributed by atoms with Gasteiger partial charge in [0.25, 0.3) is 0 Å². The number of rotatable bonds is 8. The van der Waals surface area contributed by atoms with Crippen LogP contribution in [0, 0.1) is 23.7 Å². The van der Waals surface area contributed by atoms with E-state index in [4.69, 9.17) is 4.74 Å². The summed E-state index contributed by atoms with van der Waals surface area (Å²) in [6, 6.07) is 0. The number of hydrogen-bond acceptors (Lipinski definition) is 3. The smallest absolute Gasteiger partial charge is 0.306 e.